The number of anilines is 1. The maximum absolute atomic E-state index is 13.1. The van der Waals surface area contributed by atoms with E-state index in [-0.39, 0.29) is 11.8 Å². The number of hydrogen-bond acceptors (Lipinski definition) is 3. The highest BCUT2D eigenvalue weighted by Gasteiger charge is 2.44. The Labute approximate surface area is 161 Å². The highest BCUT2D eigenvalue weighted by Crippen LogP contribution is 2.29. The SMILES string of the molecule is Cc1cccc(C(=O)N2CCCC(Nc3ccccc3)(C(=O)N(C)C)C2)c1. The van der Waals surface area contributed by atoms with Gasteiger partial charge in [0.1, 0.15) is 5.54 Å². The Morgan fingerprint density at radius 3 is 2.48 bits per heavy atom. The molecule has 142 valence electrons. The van der Waals surface area contributed by atoms with Gasteiger partial charge in [-0.15, -0.1) is 0 Å². The third-order valence-corrected chi connectivity index (χ3v) is 5.02. The van der Waals surface area contributed by atoms with Crippen LogP contribution in [-0.2, 0) is 4.79 Å². The average Bonchev–Trinajstić information content (AvgIpc) is 2.67. The molecule has 2 amide bonds. The summed E-state index contributed by atoms with van der Waals surface area (Å²) < 4.78 is 0. The third kappa shape index (κ3) is 4.13. The number of benzene rings is 2. The number of hydrogen-bond donors (Lipinski definition) is 1. The molecule has 0 saturated carbocycles. The van der Waals surface area contributed by atoms with Crippen LogP contribution in [0.1, 0.15) is 28.8 Å². The lowest BCUT2D eigenvalue weighted by Crippen LogP contribution is -2.62. The van der Waals surface area contributed by atoms with Crippen LogP contribution in [0.4, 0.5) is 5.69 Å². The molecule has 1 unspecified atom stereocenters. The predicted molar refractivity (Wildman–Crippen MR) is 108 cm³/mol. The number of nitrogens with zero attached hydrogens (tertiary/aromatic N) is 2. The van der Waals surface area contributed by atoms with Crippen LogP contribution in [0.5, 0.6) is 0 Å². The quantitative estimate of drug-likeness (QED) is 0.905. The highest BCUT2D eigenvalue weighted by molar-refractivity contribution is 5.96. The number of amides is 2. The Balaban J connectivity index is 1.89. The van der Waals surface area contributed by atoms with Crippen molar-refractivity contribution >= 4 is 17.5 Å². The van der Waals surface area contributed by atoms with E-state index in [2.05, 4.69) is 5.32 Å². The largest absolute Gasteiger partial charge is 0.370 e. The molecule has 1 heterocycles. The van der Waals surface area contributed by atoms with Crippen LogP contribution >= 0.6 is 0 Å². The Kier molecular flexibility index (Phi) is 5.49. The fourth-order valence-electron chi connectivity index (χ4n) is 3.75. The van der Waals surface area contributed by atoms with Gasteiger partial charge in [-0.3, -0.25) is 9.59 Å². The standard InChI is InChI=1S/C22H27N3O2/c1-17-9-7-10-18(15-17)20(26)25-14-8-13-22(16-25,21(27)24(2)3)23-19-11-5-4-6-12-19/h4-7,9-12,15,23H,8,13-14,16H2,1-3H3. The minimum Gasteiger partial charge on any atom is -0.370 e. The lowest BCUT2D eigenvalue weighted by Gasteiger charge is -2.44. The van der Waals surface area contributed by atoms with Gasteiger partial charge in [0, 0.05) is 31.9 Å². The Bertz CT molecular complexity index is 819. The number of piperidine rings is 1. The van der Waals surface area contributed by atoms with Crippen LogP contribution in [0.2, 0.25) is 0 Å². The first-order valence-corrected chi connectivity index (χ1v) is 9.32. The van der Waals surface area contributed by atoms with Crippen LogP contribution in [-0.4, -0.2) is 54.3 Å². The lowest BCUT2D eigenvalue weighted by atomic mass is 9.86. The number of carbonyl (C=O) groups excluding carboxylic acids is 2. The topological polar surface area (TPSA) is 52.7 Å². The summed E-state index contributed by atoms with van der Waals surface area (Å²) in [6, 6.07) is 17.3. The first kappa shape index (κ1) is 19.0. The van der Waals surface area contributed by atoms with Crippen LogP contribution in [0.15, 0.2) is 54.6 Å². The second-order valence-electron chi connectivity index (χ2n) is 7.47. The van der Waals surface area contributed by atoms with E-state index in [1.54, 1.807) is 23.9 Å². The summed E-state index contributed by atoms with van der Waals surface area (Å²) in [5, 5.41) is 3.44. The highest BCUT2D eigenvalue weighted by atomic mass is 16.2. The first-order chi connectivity index (χ1) is 12.9. The predicted octanol–water partition coefficient (Wildman–Crippen LogP) is 3.17. The summed E-state index contributed by atoms with van der Waals surface area (Å²) in [6.07, 6.45) is 1.47. The molecule has 5 heteroatoms. The molecule has 0 spiro atoms. The summed E-state index contributed by atoms with van der Waals surface area (Å²) in [6.45, 7) is 2.99. The van der Waals surface area contributed by atoms with E-state index in [0.717, 1.165) is 17.7 Å². The molecule has 2 aromatic rings. The van der Waals surface area contributed by atoms with Crippen molar-refractivity contribution in [3.63, 3.8) is 0 Å². The van der Waals surface area contributed by atoms with Gasteiger partial charge in [0.2, 0.25) is 5.91 Å². The molecule has 1 atom stereocenters. The number of nitrogens with one attached hydrogen (secondary N) is 1. The Hall–Kier alpha value is -2.82. The Morgan fingerprint density at radius 1 is 1.07 bits per heavy atom. The van der Waals surface area contributed by atoms with E-state index in [1.807, 2.05) is 61.5 Å². The fraction of sp³-hybridized carbons (Fsp3) is 0.364. The van der Waals surface area contributed by atoms with Crippen LogP contribution in [0.25, 0.3) is 0 Å². The van der Waals surface area contributed by atoms with Gasteiger partial charge < -0.3 is 15.1 Å². The van der Waals surface area contributed by atoms with E-state index in [1.165, 1.54) is 0 Å². The number of para-hydroxylation sites is 1. The van der Waals surface area contributed by atoms with Gasteiger partial charge in [0.05, 0.1) is 6.54 Å². The van der Waals surface area contributed by atoms with Gasteiger partial charge >= 0.3 is 0 Å². The molecule has 1 aliphatic rings. The van der Waals surface area contributed by atoms with E-state index < -0.39 is 5.54 Å². The van der Waals surface area contributed by atoms with Crippen molar-refractivity contribution < 1.29 is 9.59 Å². The normalized spacial score (nSPS) is 19.4. The molecule has 1 aliphatic heterocycles. The maximum Gasteiger partial charge on any atom is 0.253 e. The van der Waals surface area contributed by atoms with Crippen molar-refractivity contribution in [3.05, 3.63) is 65.7 Å². The summed E-state index contributed by atoms with van der Waals surface area (Å²) in [5.74, 6) is -0.0303. The molecule has 0 radical (unpaired) electrons. The molecule has 1 N–H and O–H groups in total. The molecule has 1 fully saturated rings. The number of likely N-dealkylation sites (tertiary alicyclic amines) is 1. The van der Waals surface area contributed by atoms with E-state index in [4.69, 9.17) is 0 Å². The molecule has 0 aromatic heterocycles. The summed E-state index contributed by atoms with van der Waals surface area (Å²) >= 11 is 0. The van der Waals surface area contributed by atoms with Crippen LogP contribution in [0.3, 0.4) is 0 Å². The van der Waals surface area contributed by atoms with Crippen molar-refractivity contribution in [2.45, 2.75) is 25.3 Å². The molecule has 0 bridgehead atoms. The molecule has 27 heavy (non-hydrogen) atoms. The third-order valence-electron chi connectivity index (χ3n) is 5.02. The zero-order chi connectivity index (χ0) is 19.4. The maximum atomic E-state index is 13.1. The second-order valence-corrected chi connectivity index (χ2v) is 7.47. The molecule has 3 rings (SSSR count). The van der Waals surface area contributed by atoms with Crippen LogP contribution in [0, 0.1) is 6.92 Å². The summed E-state index contributed by atoms with van der Waals surface area (Å²) in [7, 11) is 3.52. The minimum atomic E-state index is -0.817. The number of likely N-dealkylation sites (N-methyl/N-ethyl adjacent to an activating group) is 1. The van der Waals surface area contributed by atoms with Gasteiger partial charge in [-0.05, 0) is 44.0 Å². The molecule has 0 aliphatic carbocycles. The van der Waals surface area contributed by atoms with Gasteiger partial charge in [-0.2, -0.15) is 0 Å². The van der Waals surface area contributed by atoms with Gasteiger partial charge in [-0.25, -0.2) is 0 Å². The monoisotopic (exact) mass is 365 g/mol. The van der Waals surface area contributed by atoms with Crippen molar-refractivity contribution in [1.29, 1.82) is 0 Å². The van der Waals surface area contributed by atoms with Crippen LogP contribution < -0.4 is 5.32 Å². The van der Waals surface area contributed by atoms with Crippen molar-refractivity contribution in [2.75, 3.05) is 32.5 Å². The smallest absolute Gasteiger partial charge is 0.253 e. The molecular weight excluding hydrogens is 338 g/mol. The molecular formula is C22H27N3O2. The Morgan fingerprint density at radius 2 is 1.81 bits per heavy atom. The lowest BCUT2D eigenvalue weighted by molar-refractivity contribution is -0.135. The van der Waals surface area contributed by atoms with E-state index in [0.29, 0.717) is 25.1 Å². The number of rotatable bonds is 4. The van der Waals surface area contributed by atoms with E-state index in [9.17, 15) is 9.59 Å². The minimum absolute atomic E-state index is 0.00639. The molecule has 1 saturated heterocycles. The van der Waals surface area contributed by atoms with Gasteiger partial charge in [0.15, 0.2) is 0 Å². The zero-order valence-electron chi connectivity index (χ0n) is 16.2. The van der Waals surface area contributed by atoms with E-state index >= 15 is 0 Å². The van der Waals surface area contributed by atoms with Gasteiger partial charge in [-0.1, -0.05) is 35.9 Å². The zero-order valence-corrected chi connectivity index (χ0v) is 16.2. The summed E-state index contributed by atoms with van der Waals surface area (Å²) in [4.78, 5) is 29.6. The van der Waals surface area contributed by atoms with Crippen molar-refractivity contribution in [3.8, 4) is 0 Å². The van der Waals surface area contributed by atoms with Gasteiger partial charge in [0.25, 0.3) is 5.91 Å². The average molecular weight is 365 g/mol. The molecule has 5 nitrogen and oxygen atoms in total. The second kappa shape index (κ2) is 7.82. The number of carbonyl (C=O) groups is 2. The summed E-state index contributed by atoms with van der Waals surface area (Å²) in [5.41, 5.74) is 1.79. The fourth-order valence-corrected chi connectivity index (χ4v) is 3.75. The molecule has 2 aromatic carbocycles. The number of aryl methyl sites for hydroxylation is 1. The first-order valence-electron chi connectivity index (χ1n) is 9.32. The van der Waals surface area contributed by atoms with Crippen molar-refractivity contribution in [2.24, 2.45) is 0 Å². The van der Waals surface area contributed by atoms with Crippen molar-refractivity contribution in [1.82, 2.24) is 9.80 Å².